The average molecular weight is 188 g/mol. The lowest BCUT2D eigenvalue weighted by molar-refractivity contribution is 0.401. The van der Waals surface area contributed by atoms with Crippen LogP contribution in [0.25, 0.3) is 0 Å². The minimum Gasteiger partial charge on any atom is -0.492 e. The molecule has 1 rings (SSSR count). The molecule has 1 aromatic heterocycles. The zero-order valence-corrected chi connectivity index (χ0v) is 8.01. The largest absolute Gasteiger partial charge is 0.492 e. The molecule has 0 bridgehead atoms. The summed E-state index contributed by atoms with van der Waals surface area (Å²) in [6, 6.07) is 0. The molecule has 0 aliphatic carbocycles. The Kier molecular flexibility index (Phi) is 2.52. The van der Waals surface area contributed by atoms with Crippen LogP contribution in [0.2, 0.25) is 0 Å². The van der Waals surface area contributed by atoms with Crippen LogP contribution in [-0.4, -0.2) is 14.2 Å². The van der Waals surface area contributed by atoms with E-state index in [1.54, 1.807) is 7.05 Å². The van der Waals surface area contributed by atoms with Crippen molar-refractivity contribution in [2.45, 2.75) is 24.9 Å². The molecule has 0 amide bonds. The Hall–Kier alpha value is -0.840. The zero-order valence-electron chi connectivity index (χ0n) is 7.11. The highest BCUT2D eigenvalue weighted by molar-refractivity contribution is 7.80. The Morgan fingerprint density at radius 3 is 2.50 bits per heavy atom. The van der Waals surface area contributed by atoms with E-state index in [1.807, 2.05) is 6.92 Å². The molecule has 0 spiro atoms. The molecule has 1 heterocycles. The van der Waals surface area contributed by atoms with Crippen molar-refractivity contribution >= 4 is 12.6 Å². The maximum Gasteiger partial charge on any atom is 0.331 e. The molecule has 5 heteroatoms. The van der Waals surface area contributed by atoms with E-state index >= 15 is 0 Å². The highest BCUT2D eigenvalue weighted by atomic mass is 32.1. The van der Waals surface area contributed by atoms with Crippen LogP contribution in [0.4, 0.5) is 0 Å². The Morgan fingerprint density at radius 2 is 2.17 bits per heavy atom. The van der Waals surface area contributed by atoms with Crippen LogP contribution in [0.3, 0.4) is 0 Å². The van der Waals surface area contributed by atoms with Crippen LogP contribution in [-0.2, 0) is 13.6 Å². The monoisotopic (exact) mass is 188 g/mol. The van der Waals surface area contributed by atoms with Gasteiger partial charge >= 0.3 is 5.69 Å². The van der Waals surface area contributed by atoms with Gasteiger partial charge in [0.2, 0.25) is 5.88 Å². The fourth-order valence-corrected chi connectivity index (χ4v) is 1.26. The fraction of sp³-hybridized carbons (Fsp3) is 0.571. The Labute approximate surface area is 75.9 Å². The number of hydrogen-bond donors (Lipinski definition) is 2. The molecule has 4 nitrogen and oxygen atoms in total. The van der Waals surface area contributed by atoms with Gasteiger partial charge in [0.1, 0.15) is 5.03 Å². The second-order valence-electron chi connectivity index (χ2n) is 2.64. The van der Waals surface area contributed by atoms with Crippen LogP contribution in [0.5, 0.6) is 5.88 Å². The number of imidazole rings is 1. The van der Waals surface area contributed by atoms with E-state index < -0.39 is 0 Å². The highest BCUT2D eigenvalue weighted by Gasteiger charge is 2.12. The van der Waals surface area contributed by atoms with Gasteiger partial charge in [0.25, 0.3) is 0 Å². The summed E-state index contributed by atoms with van der Waals surface area (Å²) in [5.41, 5.74) is -0.223. The van der Waals surface area contributed by atoms with Crippen LogP contribution in [0.15, 0.2) is 9.82 Å². The first kappa shape index (κ1) is 9.25. The van der Waals surface area contributed by atoms with Gasteiger partial charge in [-0.3, -0.25) is 9.13 Å². The molecule has 1 aromatic rings. The summed E-state index contributed by atoms with van der Waals surface area (Å²) in [6.45, 7) is 2.47. The fourth-order valence-electron chi connectivity index (χ4n) is 1.06. The van der Waals surface area contributed by atoms with E-state index in [0.717, 1.165) is 6.42 Å². The summed E-state index contributed by atoms with van der Waals surface area (Å²) < 4.78 is 2.62. The zero-order chi connectivity index (χ0) is 9.30. The van der Waals surface area contributed by atoms with Crippen molar-refractivity contribution in [3.05, 3.63) is 10.5 Å². The molecule has 12 heavy (non-hydrogen) atoms. The maximum absolute atomic E-state index is 11.3. The molecular weight excluding hydrogens is 176 g/mol. The minimum absolute atomic E-state index is 0.0484. The molecule has 0 aliphatic rings. The van der Waals surface area contributed by atoms with Gasteiger partial charge in [-0.05, 0) is 6.42 Å². The Morgan fingerprint density at radius 1 is 1.58 bits per heavy atom. The smallest absolute Gasteiger partial charge is 0.331 e. The molecule has 0 radical (unpaired) electrons. The molecule has 0 saturated heterocycles. The van der Waals surface area contributed by atoms with E-state index in [4.69, 9.17) is 0 Å². The summed E-state index contributed by atoms with van der Waals surface area (Å²) in [7, 11) is 1.58. The van der Waals surface area contributed by atoms with Gasteiger partial charge in [-0.25, -0.2) is 4.79 Å². The Bertz CT molecular complexity index is 340. The second kappa shape index (κ2) is 3.26. The first-order chi connectivity index (χ1) is 5.59. The molecular formula is C7H12N2O2S. The van der Waals surface area contributed by atoms with E-state index in [1.165, 1.54) is 9.13 Å². The first-order valence-corrected chi connectivity index (χ1v) is 4.21. The summed E-state index contributed by atoms with van der Waals surface area (Å²) in [5.74, 6) is -0.0484. The summed E-state index contributed by atoms with van der Waals surface area (Å²) in [5, 5.41) is 9.71. The van der Waals surface area contributed by atoms with Crippen LogP contribution in [0, 0.1) is 0 Å². The molecule has 68 valence electrons. The predicted molar refractivity (Wildman–Crippen MR) is 48.9 cm³/mol. The van der Waals surface area contributed by atoms with E-state index in [0.29, 0.717) is 11.6 Å². The van der Waals surface area contributed by atoms with Crippen molar-refractivity contribution in [2.75, 3.05) is 0 Å². The van der Waals surface area contributed by atoms with Gasteiger partial charge in [-0.1, -0.05) is 6.92 Å². The molecule has 0 saturated carbocycles. The van der Waals surface area contributed by atoms with E-state index in [9.17, 15) is 9.90 Å². The van der Waals surface area contributed by atoms with Crippen LogP contribution in [0.1, 0.15) is 13.3 Å². The summed E-state index contributed by atoms with van der Waals surface area (Å²) in [4.78, 5) is 11.3. The molecule has 0 aromatic carbocycles. The normalized spacial score (nSPS) is 10.6. The summed E-state index contributed by atoms with van der Waals surface area (Å²) in [6.07, 6.45) is 0.810. The standard InChI is InChI=1S/C7H12N2O2S/c1-3-4-9-5(10)6(12)8(2)7(9)11/h10,12H,3-4H2,1-2H3. The maximum atomic E-state index is 11.3. The average Bonchev–Trinajstić information content (AvgIpc) is 2.23. The minimum atomic E-state index is -0.223. The topological polar surface area (TPSA) is 47.2 Å². The van der Waals surface area contributed by atoms with Gasteiger partial charge in [-0.2, -0.15) is 0 Å². The number of aromatic hydroxyl groups is 1. The molecule has 0 fully saturated rings. The van der Waals surface area contributed by atoms with Gasteiger partial charge in [0, 0.05) is 13.6 Å². The molecule has 0 aliphatic heterocycles. The number of rotatable bonds is 2. The van der Waals surface area contributed by atoms with E-state index in [2.05, 4.69) is 12.6 Å². The lowest BCUT2D eigenvalue weighted by atomic mass is 10.5. The molecule has 0 atom stereocenters. The highest BCUT2D eigenvalue weighted by Crippen LogP contribution is 2.18. The van der Waals surface area contributed by atoms with Crippen molar-refractivity contribution in [3.8, 4) is 5.88 Å². The van der Waals surface area contributed by atoms with Gasteiger partial charge in [0.05, 0.1) is 0 Å². The Balaban J connectivity index is 3.28. The number of aromatic nitrogens is 2. The molecule has 0 unspecified atom stereocenters. The third-order valence-corrected chi connectivity index (χ3v) is 2.24. The predicted octanol–water partition coefficient (Wildman–Crippen LogP) is 0.591. The number of thiol groups is 1. The van der Waals surface area contributed by atoms with Crippen molar-refractivity contribution in [3.63, 3.8) is 0 Å². The number of hydrogen-bond acceptors (Lipinski definition) is 3. The van der Waals surface area contributed by atoms with E-state index in [-0.39, 0.29) is 11.6 Å². The van der Waals surface area contributed by atoms with Gasteiger partial charge < -0.3 is 5.11 Å². The van der Waals surface area contributed by atoms with Crippen molar-refractivity contribution in [1.29, 1.82) is 0 Å². The molecule has 1 N–H and O–H groups in total. The third kappa shape index (κ3) is 1.24. The third-order valence-electron chi connectivity index (χ3n) is 1.74. The first-order valence-electron chi connectivity index (χ1n) is 3.77. The lowest BCUT2D eigenvalue weighted by Gasteiger charge is -1.97. The van der Waals surface area contributed by atoms with Crippen molar-refractivity contribution < 1.29 is 5.11 Å². The van der Waals surface area contributed by atoms with Gasteiger partial charge in [0.15, 0.2) is 0 Å². The quantitative estimate of drug-likeness (QED) is 0.667. The van der Waals surface area contributed by atoms with Crippen molar-refractivity contribution in [2.24, 2.45) is 7.05 Å². The van der Waals surface area contributed by atoms with Crippen molar-refractivity contribution in [1.82, 2.24) is 9.13 Å². The van der Waals surface area contributed by atoms with Crippen LogP contribution >= 0.6 is 12.6 Å². The summed E-state index contributed by atoms with van der Waals surface area (Å²) >= 11 is 3.99. The number of nitrogens with zero attached hydrogens (tertiary/aromatic N) is 2. The lowest BCUT2D eigenvalue weighted by Crippen LogP contribution is -2.22. The van der Waals surface area contributed by atoms with Gasteiger partial charge in [-0.15, -0.1) is 12.6 Å². The van der Waals surface area contributed by atoms with Crippen LogP contribution < -0.4 is 5.69 Å². The SMILES string of the molecule is CCCn1c(O)c(S)n(C)c1=O. The second-order valence-corrected chi connectivity index (χ2v) is 3.06.